The van der Waals surface area contributed by atoms with E-state index in [1.165, 1.54) is 6.92 Å². The highest BCUT2D eigenvalue weighted by Gasteiger charge is 2.24. The Balaban J connectivity index is 2.13. The number of esters is 1. The molecule has 31 heavy (non-hydrogen) atoms. The summed E-state index contributed by atoms with van der Waals surface area (Å²) in [6.45, 7) is 3.67. The number of ketones is 1. The Kier molecular flexibility index (Phi) is 9.88. The molecular formula is C23H26ClNO5S. The molecule has 0 aliphatic rings. The summed E-state index contributed by atoms with van der Waals surface area (Å²) in [5.41, 5.74) is 1.38. The van der Waals surface area contributed by atoms with E-state index in [4.69, 9.17) is 21.1 Å². The molecule has 0 aliphatic heterocycles. The molecule has 0 saturated carbocycles. The lowest BCUT2D eigenvalue weighted by Gasteiger charge is -2.19. The van der Waals surface area contributed by atoms with Crippen molar-refractivity contribution in [3.63, 3.8) is 0 Å². The molecule has 0 aliphatic carbocycles. The summed E-state index contributed by atoms with van der Waals surface area (Å²) in [5.74, 6) is 0.0981. The Morgan fingerprint density at radius 3 is 2.55 bits per heavy atom. The number of halogens is 1. The Morgan fingerprint density at radius 2 is 1.90 bits per heavy atom. The van der Waals surface area contributed by atoms with E-state index >= 15 is 0 Å². The third-order valence-electron chi connectivity index (χ3n) is 4.46. The third-order valence-corrected chi connectivity index (χ3v) is 5.43. The Morgan fingerprint density at radius 1 is 1.16 bits per heavy atom. The molecule has 0 saturated heterocycles. The number of amides is 1. The van der Waals surface area contributed by atoms with Crippen molar-refractivity contribution in [3.05, 3.63) is 64.2 Å². The van der Waals surface area contributed by atoms with Crippen LogP contribution >= 0.6 is 23.4 Å². The van der Waals surface area contributed by atoms with E-state index < -0.39 is 17.9 Å². The number of carbonyl (C=O) groups excluding carboxylic acids is 3. The Bertz CT molecular complexity index is 934. The molecule has 1 amide bonds. The summed E-state index contributed by atoms with van der Waals surface area (Å²) in [4.78, 5) is 37.1. The van der Waals surface area contributed by atoms with E-state index in [2.05, 4.69) is 5.32 Å². The number of thioether (sulfide) groups is 1. The minimum Gasteiger partial charge on any atom is -0.493 e. The van der Waals surface area contributed by atoms with Crippen molar-refractivity contribution < 1.29 is 23.9 Å². The first-order chi connectivity index (χ1) is 14.9. The molecule has 0 fully saturated rings. The second-order valence-corrected chi connectivity index (χ2v) is 8.10. The standard InChI is InChI=1S/C23H26ClNO5S/c1-4-29-21-10-9-16(15(2)26)13-17(21)14-30-23(28)20(11-12-31-3)25-22(27)18-7-5-6-8-19(18)24/h5-10,13,20H,4,11-12,14H2,1-3H3,(H,25,27). The number of rotatable bonds is 11. The van der Waals surface area contributed by atoms with Gasteiger partial charge in [-0.1, -0.05) is 23.7 Å². The summed E-state index contributed by atoms with van der Waals surface area (Å²) in [6.07, 6.45) is 2.32. The van der Waals surface area contributed by atoms with Gasteiger partial charge in [-0.05, 0) is 62.6 Å². The first-order valence-electron chi connectivity index (χ1n) is 9.85. The van der Waals surface area contributed by atoms with Gasteiger partial charge in [0.1, 0.15) is 18.4 Å². The van der Waals surface area contributed by atoms with E-state index in [-0.39, 0.29) is 12.4 Å². The van der Waals surface area contributed by atoms with Gasteiger partial charge in [-0.3, -0.25) is 9.59 Å². The van der Waals surface area contributed by atoms with Gasteiger partial charge >= 0.3 is 5.97 Å². The molecule has 0 aromatic heterocycles. The van der Waals surface area contributed by atoms with Gasteiger partial charge in [0.25, 0.3) is 5.91 Å². The van der Waals surface area contributed by atoms with Gasteiger partial charge in [0.15, 0.2) is 5.78 Å². The number of ether oxygens (including phenoxy) is 2. The summed E-state index contributed by atoms with van der Waals surface area (Å²) in [6, 6.07) is 10.8. The van der Waals surface area contributed by atoms with Crippen LogP contribution in [0.4, 0.5) is 0 Å². The molecule has 0 spiro atoms. The summed E-state index contributed by atoms with van der Waals surface area (Å²) < 4.78 is 11.1. The van der Waals surface area contributed by atoms with Crippen molar-refractivity contribution in [2.24, 2.45) is 0 Å². The Labute approximate surface area is 191 Å². The zero-order valence-corrected chi connectivity index (χ0v) is 19.3. The van der Waals surface area contributed by atoms with E-state index in [0.29, 0.717) is 46.2 Å². The molecule has 0 heterocycles. The normalized spacial score (nSPS) is 11.5. The second kappa shape index (κ2) is 12.4. The molecule has 1 unspecified atom stereocenters. The molecule has 166 valence electrons. The highest BCUT2D eigenvalue weighted by Crippen LogP contribution is 2.22. The van der Waals surface area contributed by atoms with Crippen LogP contribution in [-0.4, -0.2) is 42.3 Å². The van der Waals surface area contributed by atoms with E-state index in [1.54, 1.807) is 54.2 Å². The maximum Gasteiger partial charge on any atom is 0.329 e. The van der Waals surface area contributed by atoms with E-state index in [0.717, 1.165) is 0 Å². The zero-order valence-electron chi connectivity index (χ0n) is 17.8. The van der Waals surface area contributed by atoms with Gasteiger partial charge in [0.2, 0.25) is 0 Å². The number of benzene rings is 2. The fraction of sp³-hybridized carbons (Fsp3) is 0.348. The lowest BCUT2D eigenvalue weighted by atomic mass is 10.1. The summed E-state index contributed by atoms with van der Waals surface area (Å²) >= 11 is 7.65. The van der Waals surface area contributed by atoms with Gasteiger partial charge in [-0.25, -0.2) is 4.79 Å². The highest BCUT2D eigenvalue weighted by atomic mass is 35.5. The number of carbonyl (C=O) groups is 3. The second-order valence-electron chi connectivity index (χ2n) is 6.71. The summed E-state index contributed by atoms with van der Waals surface area (Å²) in [7, 11) is 0. The van der Waals surface area contributed by atoms with Crippen LogP contribution in [0.1, 0.15) is 46.5 Å². The van der Waals surface area contributed by atoms with Gasteiger partial charge in [0.05, 0.1) is 17.2 Å². The van der Waals surface area contributed by atoms with Crippen molar-refractivity contribution in [3.8, 4) is 5.75 Å². The molecule has 8 heteroatoms. The lowest BCUT2D eigenvalue weighted by molar-refractivity contribution is -0.147. The van der Waals surface area contributed by atoms with Crippen molar-refractivity contribution in [2.75, 3.05) is 18.6 Å². The van der Waals surface area contributed by atoms with Crippen molar-refractivity contribution in [1.29, 1.82) is 0 Å². The molecular weight excluding hydrogens is 438 g/mol. The van der Waals surface area contributed by atoms with Gasteiger partial charge < -0.3 is 14.8 Å². The molecule has 2 aromatic carbocycles. The van der Waals surface area contributed by atoms with Crippen LogP contribution in [0.5, 0.6) is 5.75 Å². The summed E-state index contributed by atoms with van der Waals surface area (Å²) in [5, 5.41) is 3.02. The van der Waals surface area contributed by atoms with Crippen molar-refractivity contribution in [2.45, 2.75) is 32.9 Å². The van der Waals surface area contributed by atoms with Crippen LogP contribution < -0.4 is 10.1 Å². The monoisotopic (exact) mass is 463 g/mol. The minimum absolute atomic E-state index is 0.0764. The maximum atomic E-state index is 12.8. The van der Waals surface area contributed by atoms with Gasteiger partial charge in [-0.2, -0.15) is 11.8 Å². The predicted molar refractivity (Wildman–Crippen MR) is 123 cm³/mol. The first kappa shape index (κ1) is 24.8. The topological polar surface area (TPSA) is 81.7 Å². The Hall–Kier alpha value is -2.51. The number of nitrogens with one attached hydrogen (secondary N) is 1. The molecule has 2 aromatic rings. The van der Waals surface area contributed by atoms with Gasteiger partial charge in [-0.15, -0.1) is 0 Å². The van der Waals surface area contributed by atoms with Gasteiger partial charge in [0, 0.05) is 11.1 Å². The van der Waals surface area contributed by atoms with Crippen LogP contribution in [0.15, 0.2) is 42.5 Å². The van der Waals surface area contributed by atoms with Crippen molar-refractivity contribution in [1.82, 2.24) is 5.32 Å². The molecule has 0 radical (unpaired) electrons. The maximum absolute atomic E-state index is 12.8. The average molecular weight is 464 g/mol. The first-order valence-corrected chi connectivity index (χ1v) is 11.6. The number of Topliss-reactive ketones (excluding diaryl/α,β-unsaturated/α-hetero) is 1. The largest absolute Gasteiger partial charge is 0.493 e. The SMILES string of the molecule is CCOc1ccc(C(C)=O)cc1COC(=O)C(CCSC)NC(=O)c1ccccc1Cl. The molecule has 1 N–H and O–H groups in total. The highest BCUT2D eigenvalue weighted by molar-refractivity contribution is 7.98. The van der Waals surface area contributed by atoms with Crippen molar-refractivity contribution >= 4 is 41.0 Å². The molecule has 2 rings (SSSR count). The fourth-order valence-corrected chi connectivity index (χ4v) is 3.52. The number of hydrogen-bond acceptors (Lipinski definition) is 6. The zero-order chi connectivity index (χ0) is 22.8. The average Bonchev–Trinajstić information content (AvgIpc) is 2.75. The van der Waals surface area contributed by atoms with Crippen LogP contribution in [0.2, 0.25) is 5.02 Å². The van der Waals surface area contributed by atoms with E-state index in [9.17, 15) is 14.4 Å². The van der Waals surface area contributed by atoms with Crippen LogP contribution in [0.25, 0.3) is 0 Å². The minimum atomic E-state index is -0.831. The van der Waals surface area contributed by atoms with Crippen LogP contribution in [-0.2, 0) is 16.1 Å². The fourth-order valence-electron chi connectivity index (χ4n) is 2.82. The van der Waals surface area contributed by atoms with Crippen LogP contribution in [0, 0.1) is 0 Å². The molecule has 6 nitrogen and oxygen atoms in total. The third kappa shape index (κ3) is 7.29. The molecule has 1 atom stereocenters. The molecule has 0 bridgehead atoms. The number of hydrogen-bond donors (Lipinski definition) is 1. The van der Waals surface area contributed by atoms with Crippen LogP contribution in [0.3, 0.4) is 0 Å². The van der Waals surface area contributed by atoms with E-state index in [1.807, 2.05) is 13.2 Å². The predicted octanol–water partition coefficient (Wildman–Crippen LogP) is 4.54. The lowest BCUT2D eigenvalue weighted by Crippen LogP contribution is -2.42. The smallest absolute Gasteiger partial charge is 0.329 e. The quantitative estimate of drug-likeness (QED) is 0.389.